The molecular weight excluding hydrogens is 382 g/mol. The van der Waals surface area contributed by atoms with Crippen LogP contribution in [-0.2, 0) is 14.3 Å². The third-order valence-electron chi connectivity index (χ3n) is 4.86. The van der Waals surface area contributed by atoms with E-state index in [0.29, 0.717) is 17.4 Å². The van der Waals surface area contributed by atoms with Gasteiger partial charge in [-0.15, -0.1) is 11.8 Å². The number of rotatable bonds is 4. The Morgan fingerprint density at radius 1 is 1.25 bits per heavy atom. The van der Waals surface area contributed by atoms with E-state index in [0.717, 1.165) is 30.6 Å². The molecule has 0 bridgehead atoms. The van der Waals surface area contributed by atoms with Gasteiger partial charge in [0, 0.05) is 10.9 Å². The zero-order valence-corrected chi connectivity index (χ0v) is 16.4. The Hall–Kier alpha value is -2.55. The quantitative estimate of drug-likeness (QED) is 0.663. The molecule has 1 aliphatic carbocycles. The minimum absolute atomic E-state index is 0.0488. The smallest absolute Gasteiger partial charge is 0.338 e. The lowest BCUT2D eigenvalue weighted by Crippen LogP contribution is -2.48. The van der Waals surface area contributed by atoms with Crippen molar-refractivity contribution in [3.63, 3.8) is 0 Å². The maximum Gasteiger partial charge on any atom is 0.338 e. The number of esters is 1. The molecule has 8 nitrogen and oxygen atoms in total. The lowest BCUT2D eigenvalue weighted by molar-refractivity contribution is -0.123. The highest BCUT2D eigenvalue weighted by molar-refractivity contribution is 8.00. The molecule has 2 atom stereocenters. The highest BCUT2D eigenvalue weighted by Crippen LogP contribution is 2.32. The summed E-state index contributed by atoms with van der Waals surface area (Å²) in [5.41, 5.74) is 0.760. The number of amides is 4. The normalized spacial score (nSPS) is 21.1. The highest BCUT2D eigenvalue weighted by atomic mass is 32.2. The van der Waals surface area contributed by atoms with Crippen molar-refractivity contribution in [2.24, 2.45) is 5.92 Å². The maximum atomic E-state index is 12.1. The van der Waals surface area contributed by atoms with Gasteiger partial charge in [-0.3, -0.25) is 14.9 Å². The van der Waals surface area contributed by atoms with Crippen molar-refractivity contribution in [3.05, 3.63) is 23.8 Å². The van der Waals surface area contributed by atoms with Crippen LogP contribution in [0.15, 0.2) is 23.1 Å². The third kappa shape index (κ3) is 5.25. The number of hydrogen-bond acceptors (Lipinski definition) is 6. The molecule has 0 aromatic heterocycles. The van der Waals surface area contributed by atoms with Gasteiger partial charge in [-0.2, -0.15) is 0 Å². The predicted molar refractivity (Wildman–Crippen MR) is 104 cm³/mol. The molecular formula is C19H23N3O5S. The molecule has 2 aliphatic rings. The summed E-state index contributed by atoms with van der Waals surface area (Å²) in [6.07, 6.45) is 4.16. The second kappa shape index (κ2) is 9.09. The number of nitrogens with one attached hydrogen (secondary N) is 3. The van der Waals surface area contributed by atoms with Crippen LogP contribution < -0.4 is 16.0 Å². The van der Waals surface area contributed by atoms with Gasteiger partial charge in [0.2, 0.25) is 5.91 Å². The van der Waals surface area contributed by atoms with E-state index in [1.165, 1.54) is 17.8 Å². The molecule has 150 valence electrons. The van der Waals surface area contributed by atoms with E-state index >= 15 is 0 Å². The average molecular weight is 405 g/mol. The summed E-state index contributed by atoms with van der Waals surface area (Å²) in [7, 11) is 0. The minimum Gasteiger partial charge on any atom is -0.452 e. The number of hydrogen-bond donors (Lipinski definition) is 3. The molecule has 0 spiro atoms. The van der Waals surface area contributed by atoms with Crippen molar-refractivity contribution in [3.8, 4) is 0 Å². The van der Waals surface area contributed by atoms with E-state index in [1.807, 2.05) is 0 Å². The van der Waals surface area contributed by atoms with Crippen molar-refractivity contribution in [2.45, 2.75) is 43.5 Å². The second-order valence-electron chi connectivity index (χ2n) is 7.01. The van der Waals surface area contributed by atoms with Crippen LogP contribution in [0.3, 0.4) is 0 Å². The van der Waals surface area contributed by atoms with Crippen LogP contribution in [0.1, 0.15) is 43.0 Å². The van der Waals surface area contributed by atoms with E-state index in [4.69, 9.17) is 4.74 Å². The van der Waals surface area contributed by atoms with Gasteiger partial charge in [0.1, 0.15) is 0 Å². The van der Waals surface area contributed by atoms with Gasteiger partial charge < -0.3 is 15.4 Å². The largest absolute Gasteiger partial charge is 0.452 e. The van der Waals surface area contributed by atoms with Crippen molar-refractivity contribution in [2.75, 3.05) is 17.7 Å². The summed E-state index contributed by atoms with van der Waals surface area (Å²) in [6, 6.07) is 4.27. The number of anilines is 1. The van der Waals surface area contributed by atoms with E-state index in [1.54, 1.807) is 12.1 Å². The summed E-state index contributed by atoms with van der Waals surface area (Å²) in [6.45, 7) is 1.51. The molecule has 1 aliphatic heterocycles. The van der Waals surface area contributed by atoms with Gasteiger partial charge in [0.05, 0.1) is 17.0 Å². The van der Waals surface area contributed by atoms with Gasteiger partial charge in [-0.05, 0) is 37.0 Å². The van der Waals surface area contributed by atoms with Crippen LogP contribution in [0.2, 0.25) is 0 Å². The zero-order valence-electron chi connectivity index (χ0n) is 15.6. The molecule has 0 radical (unpaired) electrons. The molecule has 9 heteroatoms. The lowest BCUT2D eigenvalue weighted by Gasteiger charge is -2.29. The summed E-state index contributed by atoms with van der Waals surface area (Å²) in [5, 5.41) is 7.68. The fourth-order valence-corrected chi connectivity index (χ4v) is 4.11. The highest BCUT2D eigenvalue weighted by Gasteiger charge is 2.24. The Morgan fingerprint density at radius 2 is 2.04 bits per heavy atom. The minimum atomic E-state index is -0.705. The van der Waals surface area contributed by atoms with Crippen LogP contribution in [0.25, 0.3) is 0 Å². The summed E-state index contributed by atoms with van der Waals surface area (Å²) in [5.74, 6) is -0.838. The van der Waals surface area contributed by atoms with Crippen molar-refractivity contribution < 1.29 is 23.9 Å². The first kappa shape index (κ1) is 20.2. The first-order valence-electron chi connectivity index (χ1n) is 9.26. The van der Waals surface area contributed by atoms with Gasteiger partial charge >= 0.3 is 12.0 Å². The van der Waals surface area contributed by atoms with Crippen molar-refractivity contribution in [1.29, 1.82) is 0 Å². The molecule has 0 saturated heterocycles. The monoisotopic (exact) mass is 405 g/mol. The first-order valence-corrected chi connectivity index (χ1v) is 10.2. The lowest BCUT2D eigenvalue weighted by atomic mass is 9.86. The predicted octanol–water partition coefficient (Wildman–Crippen LogP) is 2.29. The molecule has 1 heterocycles. The van der Waals surface area contributed by atoms with Crippen LogP contribution >= 0.6 is 11.8 Å². The Labute approximate surface area is 167 Å². The summed E-state index contributed by atoms with van der Waals surface area (Å²) >= 11 is 1.38. The molecule has 1 saturated carbocycles. The second-order valence-corrected chi connectivity index (χ2v) is 8.03. The number of benzene rings is 1. The molecule has 4 amide bonds. The number of carbonyl (C=O) groups is 4. The Balaban J connectivity index is 1.46. The summed E-state index contributed by atoms with van der Waals surface area (Å²) in [4.78, 5) is 48.3. The zero-order chi connectivity index (χ0) is 20.1. The number of carbonyl (C=O) groups excluding carboxylic acids is 4. The van der Waals surface area contributed by atoms with E-state index < -0.39 is 24.5 Å². The van der Waals surface area contributed by atoms with Crippen molar-refractivity contribution in [1.82, 2.24) is 10.6 Å². The number of ether oxygens (including phenoxy) is 1. The van der Waals surface area contributed by atoms with Crippen LogP contribution in [0.5, 0.6) is 0 Å². The molecule has 28 heavy (non-hydrogen) atoms. The van der Waals surface area contributed by atoms with E-state index in [9.17, 15) is 19.2 Å². The van der Waals surface area contributed by atoms with Crippen LogP contribution in [0, 0.1) is 5.92 Å². The topological polar surface area (TPSA) is 114 Å². The van der Waals surface area contributed by atoms with Crippen LogP contribution in [-0.4, -0.2) is 42.2 Å². The Morgan fingerprint density at radius 3 is 2.82 bits per heavy atom. The van der Waals surface area contributed by atoms with E-state index in [2.05, 4.69) is 22.9 Å². The van der Waals surface area contributed by atoms with E-state index in [-0.39, 0.29) is 17.5 Å². The third-order valence-corrected chi connectivity index (χ3v) is 5.94. The number of urea groups is 1. The standard InChI is InChI=1S/C19H23N3O5S/c1-11-4-2-3-5-13(11)21-19(26)22-16(23)9-27-18(25)12-6-7-15-14(8-12)20-17(24)10-28-15/h6-8,11,13H,2-5,9-10H2,1H3,(H,20,24)(H2,21,22,23,26)/t11-,13-/m1/s1. The number of fused-ring (bicyclic) bond motifs is 1. The van der Waals surface area contributed by atoms with Crippen molar-refractivity contribution >= 4 is 41.3 Å². The van der Waals surface area contributed by atoms with Gasteiger partial charge in [0.25, 0.3) is 5.91 Å². The molecule has 1 aromatic carbocycles. The maximum absolute atomic E-state index is 12.1. The Kier molecular flexibility index (Phi) is 6.56. The molecule has 1 fully saturated rings. The summed E-state index contributed by atoms with van der Waals surface area (Å²) < 4.78 is 4.97. The SMILES string of the molecule is C[C@@H]1CCCC[C@H]1NC(=O)NC(=O)COC(=O)c1ccc2c(c1)NC(=O)CS2. The number of thioether (sulfide) groups is 1. The fraction of sp³-hybridized carbons (Fsp3) is 0.474. The van der Waals surface area contributed by atoms with Gasteiger partial charge in [-0.1, -0.05) is 19.8 Å². The molecule has 3 rings (SSSR count). The number of imide groups is 1. The van der Waals surface area contributed by atoms with Crippen LogP contribution in [0.4, 0.5) is 10.5 Å². The molecule has 3 N–H and O–H groups in total. The van der Waals surface area contributed by atoms with Gasteiger partial charge in [0.15, 0.2) is 6.61 Å². The fourth-order valence-electron chi connectivity index (χ4n) is 3.32. The Bertz CT molecular complexity index is 798. The average Bonchev–Trinajstić information content (AvgIpc) is 2.67. The molecule has 1 aromatic rings. The molecule has 0 unspecified atom stereocenters. The van der Waals surface area contributed by atoms with Gasteiger partial charge in [-0.25, -0.2) is 9.59 Å². The first-order chi connectivity index (χ1) is 13.4.